The predicted octanol–water partition coefficient (Wildman–Crippen LogP) is 2.41. The molecule has 0 heterocycles. The summed E-state index contributed by atoms with van der Waals surface area (Å²) >= 11 is 1.77. The fraction of sp³-hybridized carbons (Fsp3) is 0.857. The highest BCUT2D eigenvalue weighted by Gasteiger charge is 2.28. The topological polar surface area (TPSA) is 69.6 Å². The average molecular weight is 302 g/mol. The van der Waals surface area contributed by atoms with Crippen molar-refractivity contribution >= 4 is 23.8 Å². The van der Waals surface area contributed by atoms with Gasteiger partial charge in [0, 0.05) is 19.1 Å². The number of amides is 2. The molecule has 1 aliphatic carbocycles. The molecule has 0 aliphatic heterocycles. The molecule has 1 saturated carbocycles. The van der Waals surface area contributed by atoms with Crippen LogP contribution in [0, 0.1) is 5.92 Å². The fourth-order valence-corrected chi connectivity index (χ4v) is 3.08. The van der Waals surface area contributed by atoms with E-state index in [1.165, 1.54) is 0 Å². The lowest BCUT2D eigenvalue weighted by Crippen LogP contribution is -2.48. The van der Waals surface area contributed by atoms with Gasteiger partial charge in [-0.15, -0.1) is 0 Å². The summed E-state index contributed by atoms with van der Waals surface area (Å²) in [7, 11) is 1.80. The third kappa shape index (κ3) is 5.23. The van der Waals surface area contributed by atoms with Crippen molar-refractivity contribution in [1.82, 2.24) is 10.2 Å². The lowest BCUT2D eigenvalue weighted by molar-refractivity contribution is -0.143. The van der Waals surface area contributed by atoms with Crippen molar-refractivity contribution in [3.63, 3.8) is 0 Å². The molecular weight excluding hydrogens is 276 g/mol. The van der Waals surface area contributed by atoms with E-state index >= 15 is 0 Å². The fourth-order valence-electron chi connectivity index (χ4n) is 2.50. The van der Waals surface area contributed by atoms with E-state index in [0.29, 0.717) is 6.42 Å². The van der Waals surface area contributed by atoms with Crippen molar-refractivity contribution in [2.45, 2.75) is 51.1 Å². The van der Waals surface area contributed by atoms with Crippen molar-refractivity contribution in [3.05, 3.63) is 0 Å². The molecule has 1 aliphatic rings. The number of nitrogens with zero attached hydrogens (tertiary/aromatic N) is 1. The van der Waals surface area contributed by atoms with E-state index in [1.807, 2.05) is 6.92 Å². The number of hydrogen-bond acceptors (Lipinski definition) is 3. The maximum absolute atomic E-state index is 12.2. The number of aliphatic carboxylic acids is 1. The second-order valence-electron chi connectivity index (χ2n) is 5.59. The minimum Gasteiger partial charge on any atom is -0.481 e. The van der Waals surface area contributed by atoms with Crippen LogP contribution in [0.25, 0.3) is 0 Å². The van der Waals surface area contributed by atoms with Crippen LogP contribution in [0.5, 0.6) is 0 Å². The summed E-state index contributed by atoms with van der Waals surface area (Å²) in [4.78, 5) is 24.9. The average Bonchev–Trinajstić information content (AvgIpc) is 2.44. The summed E-state index contributed by atoms with van der Waals surface area (Å²) in [5.74, 6) is -0.0255. The molecule has 20 heavy (non-hydrogen) atoms. The summed E-state index contributed by atoms with van der Waals surface area (Å²) in [5, 5.41) is 12.0. The van der Waals surface area contributed by atoms with Crippen LogP contribution in [-0.4, -0.2) is 53.1 Å². The molecule has 1 rings (SSSR count). The molecule has 0 spiro atoms. The van der Waals surface area contributed by atoms with Crippen LogP contribution in [0.4, 0.5) is 4.79 Å². The SMILES string of the molecule is CSCCC(C)N(C)C(=O)NC1CCCC(C(=O)O)C1. The predicted molar refractivity (Wildman–Crippen MR) is 82.1 cm³/mol. The van der Waals surface area contributed by atoms with Crippen molar-refractivity contribution in [3.8, 4) is 0 Å². The van der Waals surface area contributed by atoms with Crippen LogP contribution < -0.4 is 5.32 Å². The molecule has 3 unspecified atom stereocenters. The van der Waals surface area contributed by atoms with Crippen molar-refractivity contribution in [1.29, 1.82) is 0 Å². The van der Waals surface area contributed by atoms with Gasteiger partial charge in [-0.25, -0.2) is 4.79 Å². The Kier molecular flexibility index (Phi) is 7.19. The monoisotopic (exact) mass is 302 g/mol. The van der Waals surface area contributed by atoms with E-state index in [-0.39, 0.29) is 24.0 Å². The van der Waals surface area contributed by atoms with Gasteiger partial charge in [0.1, 0.15) is 0 Å². The highest BCUT2D eigenvalue weighted by Crippen LogP contribution is 2.24. The maximum atomic E-state index is 12.2. The lowest BCUT2D eigenvalue weighted by atomic mass is 9.86. The molecule has 0 bridgehead atoms. The molecule has 0 radical (unpaired) electrons. The smallest absolute Gasteiger partial charge is 0.317 e. The van der Waals surface area contributed by atoms with Gasteiger partial charge >= 0.3 is 12.0 Å². The lowest BCUT2D eigenvalue weighted by Gasteiger charge is -2.31. The number of carboxylic acid groups (broad SMARTS) is 1. The zero-order valence-electron chi connectivity index (χ0n) is 12.6. The highest BCUT2D eigenvalue weighted by molar-refractivity contribution is 7.98. The number of hydrogen-bond donors (Lipinski definition) is 2. The number of carbonyl (C=O) groups is 2. The third-order valence-corrected chi connectivity index (χ3v) is 4.72. The first kappa shape index (κ1) is 17.1. The van der Waals surface area contributed by atoms with Gasteiger partial charge in [-0.2, -0.15) is 11.8 Å². The van der Waals surface area contributed by atoms with E-state index in [9.17, 15) is 9.59 Å². The number of carboxylic acids is 1. The summed E-state index contributed by atoms with van der Waals surface area (Å²) in [6, 6.07) is 0.100. The molecule has 3 atom stereocenters. The quantitative estimate of drug-likeness (QED) is 0.790. The van der Waals surface area contributed by atoms with Gasteiger partial charge in [-0.3, -0.25) is 4.79 Å². The van der Waals surface area contributed by atoms with Crippen molar-refractivity contribution < 1.29 is 14.7 Å². The Morgan fingerprint density at radius 3 is 2.75 bits per heavy atom. The molecule has 2 N–H and O–H groups in total. The normalized spacial score (nSPS) is 23.9. The molecule has 1 fully saturated rings. The van der Waals surface area contributed by atoms with Crippen LogP contribution in [-0.2, 0) is 4.79 Å². The maximum Gasteiger partial charge on any atom is 0.317 e. The molecule has 5 nitrogen and oxygen atoms in total. The van der Waals surface area contributed by atoms with Crippen LogP contribution in [0.15, 0.2) is 0 Å². The van der Waals surface area contributed by atoms with E-state index in [4.69, 9.17) is 5.11 Å². The summed E-state index contributed by atoms with van der Waals surface area (Å²) in [6.45, 7) is 2.04. The van der Waals surface area contributed by atoms with E-state index in [1.54, 1.807) is 23.7 Å². The highest BCUT2D eigenvalue weighted by atomic mass is 32.2. The van der Waals surface area contributed by atoms with E-state index in [0.717, 1.165) is 31.4 Å². The first-order valence-corrected chi connectivity index (χ1v) is 8.60. The van der Waals surface area contributed by atoms with Gasteiger partial charge in [0.05, 0.1) is 5.92 Å². The third-order valence-electron chi connectivity index (χ3n) is 4.07. The Balaban J connectivity index is 2.42. The van der Waals surface area contributed by atoms with Crippen molar-refractivity contribution in [2.75, 3.05) is 19.1 Å². The molecule has 2 amide bonds. The summed E-state index contributed by atoms with van der Waals surface area (Å²) in [5.41, 5.74) is 0. The largest absolute Gasteiger partial charge is 0.481 e. The number of nitrogens with one attached hydrogen (secondary N) is 1. The second-order valence-corrected chi connectivity index (χ2v) is 6.58. The Morgan fingerprint density at radius 2 is 2.15 bits per heavy atom. The van der Waals surface area contributed by atoms with Gasteiger partial charge < -0.3 is 15.3 Å². The van der Waals surface area contributed by atoms with Crippen LogP contribution in [0.1, 0.15) is 39.0 Å². The molecular formula is C14H26N2O3S. The summed E-state index contributed by atoms with van der Waals surface area (Å²) < 4.78 is 0. The van der Waals surface area contributed by atoms with E-state index < -0.39 is 5.97 Å². The molecule has 6 heteroatoms. The van der Waals surface area contributed by atoms with Gasteiger partial charge in [-0.05, 0) is 44.6 Å². The minimum atomic E-state index is -0.745. The van der Waals surface area contributed by atoms with Gasteiger partial charge in [0.25, 0.3) is 0 Å². The first-order valence-electron chi connectivity index (χ1n) is 7.20. The van der Waals surface area contributed by atoms with Gasteiger partial charge in [-0.1, -0.05) is 6.42 Å². The number of urea groups is 1. The zero-order valence-corrected chi connectivity index (χ0v) is 13.4. The van der Waals surface area contributed by atoms with Crippen LogP contribution in [0.3, 0.4) is 0 Å². The Bertz CT molecular complexity index is 338. The van der Waals surface area contributed by atoms with Crippen LogP contribution >= 0.6 is 11.8 Å². The van der Waals surface area contributed by atoms with E-state index in [2.05, 4.69) is 11.6 Å². The Labute approximate surface area is 125 Å². The first-order chi connectivity index (χ1) is 9.45. The number of carbonyl (C=O) groups excluding carboxylic acids is 1. The molecule has 0 aromatic carbocycles. The van der Waals surface area contributed by atoms with Gasteiger partial charge in [0.2, 0.25) is 0 Å². The molecule has 0 aromatic heterocycles. The minimum absolute atomic E-state index is 0.00690. The molecule has 0 aromatic rings. The number of rotatable bonds is 6. The van der Waals surface area contributed by atoms with Gasteiger partial charge in [0.15, 0.2) is 0 Å². The summed E-state index contributed by atoms with van der Waals surface area (Å²) in [6.07, 6.45) is 6.04. The Hall–Kier alpha value is -0.910. The van der Waals surface area contributed by atoms with Crippen molar-refractivity contribution in [2.24, 2.45) is 5.92 Å². The van der Waals surface area contributed by atoms with Crippen LogP contribution in [0.2, 0.25) is 0 Å². The Morgan fingerprint density at radius 1 is 1.45 bits per heavy atom. The molecule has 116 valence electrons. The zero-order chi connectivity index (χ0) is 15.1. The molecule has 0 saturated heterocycles. The number of thioether (sulfide) groups is 1. The standard InChI is InChI=1S/C14H26N2O3S/c1-10(7-8-20-3)16(2)14(19)15-12-6-4-5-11(9-12)13(17)18/h10-12H,4-9H2,1-3H3,(H,15,19)(H,17,18). The second kappa shape index (κ2) is 8.39.